The number of carbonyl (C=O) groups is 1. The summed E-state index contributed by atoms with van der Waals surface area (Å²) in [6.45, 7) is 4.06. The fourth-order valence-corrected chi connectivity index (χ4v) is 2.66. The molecule has 7 heteroatoms. The van der Waals surface area contributed by atoms with Crippen LogP contribution in [0.2, 0.25) is 0 Å². The topological polar surface area (TPSA) is 96.7 Å². The van der Waals surface area contributed by atoms with Crippen LogP contribution in [0.1, 0.15) is 21.7 Å². The lowest BCUT2D eigenvalue weighted by Crippen LogP contribution is -2.13. The second kappa shape index (κ2) is 4.91. The highest BCUT2D eigenvalue weighted by Crippen LogP contribution is 2.26. The first kappa shape index (κ1) is 13.4. The van der Waals surface area contributed by atoms with Crippen LogP contribution in [0.25, 0.3) is 22.1 Å². The molecule has 0 atom stereocenters. The Hall–Kier alpha value is -3.22. The number of carbonyl (C=O) groups excluding carboxylic acids is 1. The molecule has 0 aliphatic rings. The predicted molar refractivity (Wildman–Crippen MR) is 85.3 cm³/mol. The van der Waals surface area contributed by atoms with Gasteiger partial charge >= 0.3 is 0 Å². The first-order chi connectivity index (χ1) is 11.1. The lowest BCUT2D eigenvalue weighted by atomic mass is 10.1. The molecule has 1 aromatic carbocycles. The zero-order valence-corrected chi connectivity index (χ0v) is 12.5. The van der Waals surface area contributed by atoms with E-state index >= 15 is 0 Å². The van der Waals surface area contributed by atoms with Crippen LogP contribution in [0.5, 0.6) is 0 Å². The summed E-state index contributed by atoms with van der Waals surface area (Å²) in [5.74, 6) is -0.101. The van der Waals surface area contributed by atoms with Crippen molar-refractivity contribution in [2.45, 2.75) is 13.8 Å². The van der Waals surface area contributed by atoms with E-state index in [0.717, 1.165) is 22.0 Å². The van der Waals surface area contributed by atoms with Gasteiger partial charge in [-0.25, -0.2) is 0 Å². The zero-order chi connectivity index (χ0) is 16.0. The Morgan fingerprint density at radius 2 is 2.13 bits per heavy atom. The van der Waals surface area contributed by atoms with E-state index in [1.165, 1.54) is 6.26 Å². The number of amides is 1. The minimum atomic E-state index is -0.417. The van der Waals surface area contributed by atoms with Crippen molar-refractivity contribution >= 4 is 33.9 Å². The number of benzene rings is 1. The number of furan rings is 1. The monoisotopic (exact) mass is 307 g/mol. The standard InChI is InChI=1S/C16H13N5O2/c1-8-6-9(2)12-10(7-8)13-14(17-12)18-16(21-20-13)19-15(22)11-4-3-5-23-11/h3-7H,1-2H3,(H2,17,18,19,21,22). The third kappa shape index (κ3) is 2.22. The summed E-state index contributed by atoms with van der Waals surface area (Å²) in [6.07, 6.45) is 1.43. The van der Waals surface area contributed by atoms with E-state index in [9.17, 15) is 4.79 Å². The van der Waals surface area contributed by atoms with Gasteiger partial charge in [0.15, 0.2) is 11.4 Å². The normalized spacial score (nSPS) is 11.2. The number of aromatic nitrogens is 4. The van der Waals surface area contributed by atoms with Crippen LogP contribution in [-0.4, -0.2) is 26.1 Å². The van der Waals surface area contributed by atoms with Gasteiger partial charge < -0.3 is 9.40 Å². The number of hydrogen-bond donors (Lipinski definition) is 2. The van der Waals surface area contributed by atoms with Gasteiger partial charge in [-0.15, -0.1) is 10.2 Å². The Labute approximate surface area is 130 Å². The Bertz CT molecular complexity index is 1030. The van der Waals surface area contributed by atoms with Crippen LogP contribution in [0.4, 0.5) is 5.95 Å². The molecule has 7 nitrogen and oxygen atoms in total. The molecular weight excluding hydrogens is 294 g/mol. The van der Waals surface area contributed by atoms with E-state index in [2.05, 4.69) is 31.5 Å². The van der Waals surface area contributed by atoms with Gasteiger partial charge in [0.05, 0.1) is 11.8 Å². The SMILES string of the molecule is Cc1cc(C)c2[nH]c3nc(NC(=O)c4ccco4)nnc3c2c1. The zero-order valence-electron chi connectivity index (χ0n) is 12.5. The number of hydrogen-bond acceptors (Lipinski definition) is 5. The molecule has 2 N–H and O–H groups in total. The molecule has 23 heavy (non-hydrogen) atoms. The largest absolute Gasteiger partial charge is 0.459 e. The number of nitrogens with one attached hydrogen (secondary N) is 2. The van der Waals surface area contributed by atoms with Crippen molar-refractivity contribution in [1.29, 1.82) is 0 Å². The van der Waals surface area contributed by atoms with E-state index in [-0.39, 0.29) is 11.7 Å². The summed E-state index contributed by atoms with van der Waals surface area (Å²) in [6, 6.07) is 7.33. The molecule has 0 aliphatic carbocycles. The third-order valence-corrected chi connectivity index (χ3v) is 3.64. The lowest BCUT2D eigenvalue weighted by molar-refractivity contribution is 0.0995. The highest BCUT2D eigenvalue weighted by molar-refractivity contribution is 6.05. The third-order valence-electron chi connectivity index (χ3n) is 3.64. The summed E-state index contributed by atoms with van der Waals surface area (Å²) in [5, 5.41) is 11.7. The molecule has 3 aromatic heterocycles. The maximum atomic E-state index is 12.0. The van der Waals surface area contributed by atoms with Gasteiger partial charge in [0.25, 0.3) is 11.9 Å². The van der Waals surface area contributed by atoms with Crippen molar-refractivity contribution in [3.63, 3.8) is 0 Å². The van der Waals surface area contributed by atoms with Gasteiger partial charge in [0, 0.05) is 5.39 Å². The number of nitrogens with zero attached hydrogens (tertiary/aromatic N) is 3. The average molecular weight is 307 g/mol. The van der Waals surface area contributed by atoms with Crippen molar-refractivity contribution in [1.82, 2.24) is 20.2 Å². The fraction of sp³-hybridized carbons (Fsp3) is 0.125. The summed E-state index contributed by atoms with van der Waals surface area (Å²) >= 11 is 0. The van der Waals surface area contributed by atoms with Crippen LogP contribution in [0.15, 0.2) is 34.9 Å². The van der Waals surface area contributed by atoms with E-state index in [1.807, 2.05) is 19.9 Å². The van der Waals surface area contributed by atoms with Crippen molar-refractivity contribution in [2.24, 2.45) is 0 Å². The van der Waals surface area contributed by atoms with Gasteiger partial charge in [-0.1, -0.05) is 11.6 Å². The van der Waals surface area contributed by atoms with Gasteiger partial charge in [-0.3, -0.25) is 10.1 Å². The lowest BCUT2D eigenvalue weighted by Gasteiger charge is -2.00. The molecule has 0 radical (unpaired) electrons. The fourth-order valence-electron chi connectivity index (χ4n) is 2.66. The molecule has 0 bridgehead atoms. The van der Waals surface area contributed by atoms with Crippen molar-refractivity contribution < 1.29 is 9.21 Å². The van der Waals surface area contributed by atoms with E-state index in [0.29, 0.717) is 11.2 Å². The van der Waals surface area contributed by atoms with Gasteiger partial charge in [-0.05, 0) is 37.6 Å². The second-order valence-corrected chi connectivity index (χ2v) is 5.39. The van der Waals surface area contributed by atoms with Crippen molar-refractivity contribution in [3.05, 3.63) is 47.4 Å². The summed E-state index contributed by atoms with van der Waals surface area (Å²) in [5.41, 5.74) is 4.50. The van der Waals surface area contributed by atoms with Crippen molar-refractivity contribution in [3.8, 4) is 0 Å². The van der Waals surface area contributed by atoms with Crippen LogP contribution < -0.4 is 5.32 Å². The Morgan fingerprint density at radius 3 is 2.91 bits per heavy atom. The average Bonchev–Trinajstić information content (AvgIpc) is 3.14. The maximum Gasteiger partial charge on any atom is 0.293 e. The number of H-pyrrole nitrogens is 1. The molecule has 0 spiro atoms. The molecule has 0 unspecified atom stereocenters. The number of fused-ring (bicyclic) bond motifs is 3. The molecule has 0 saturated carbocycles. The molecule has 0 fully saturated rings. The van der Waals surface area contributed by atoms with E-state index in [4.69, 9.17) is 4.42 Å². The van der Waals surface area contributed by atoms with Gasteiger partial charge in [-0.2, -0.15) is 4.98 Å². The summed E-state index contributed by atoms with van der Waals surface area (Å²) in [7, 11) is 0. The summed E-state index contributed by atoms with van der Waals surface area (Å²) < 4.78 is 5.04. The van der Waals surface area contributed by atoms with Crippen molar-refractivity contribution in [2.75, 3.05) is 5.32 Å². The highest BCUT2D eigenvalue weighted by Gasteiger charge is 2.14. The molecule has 3 heterocycles. The first-order valence-corrected chi connectivity index (χ1v) is 7.10. The second-order valence-electron chi connectivity index (χ2n) is 5.39. The maximum absolute atomic E-state index is 12.0. The van der Waals surface area contributed by atoms with E-state index < -0.39 is 5.91 Å². The van der Waals surface area contributed by atoms with Crippen LogP contribution in [-0.2, 0) is 0 Å². The molecule has 0 aliphatic heterocycles. The molecule has 4 rings (SSSR count). The first-order valence-electron chi connectivity index (χ1n) is 7.10. The number of rotatable bonds is 2. The minimum absolute atomic E-state index is 0.125. The van der Waals surface area contributed by atoms with Crippen LogP contribution in [0, 0.1) is 13.8 Å². The molecule has 0 saturated heterocycles. The van der Waals surface area contributed by atoms with Crippen LogP contribution >= 0.6 is 0 Å². The molecule has 4 aromatic rings. The summed E-state index contributed by atoms with van der Waals surface area (Å²) in [4.78, 5) is 19.5. The number of aryl methyl sites for hydroxylation is 2. The number of aromatic amines is 1. The van der Waals surface area contributed by atoms with Gasteiger partial charge in [0.2, 0.25) is 0 Å². The Morgan fingerprint density at radius 1 is 1.26 bits per heavy atom. The van der Waals surface area contributed by atoms with Crippen LogP contribution in [0.3, 0.4) is 0 Å². The minimum Gasteiger partial charge on any atom is -0.459 e. The molecular formula is C16H13N5O2. The molecule has 114 valence electrons. The smallest absolute Gasteiger partial charge is 0.293 e. The highest BCUT2D eigenvalue weighted by atomic mass is 16.3. The quantitative estimate of drug-likeness (QED) is 0.593. The van der Waals surface area contributed by atoms with Gasteiger partial charge in [0.1, 0.15) is 5.52 Å². The molecule has 1 amide bonds. The predicted octanol–water partition coefficient (Wildman–Crippen LogP) is 2.97. The Balaban J connectivity index is 1.78. The van der Waals surface area contributed by atoms with E-state index in [1.54, 1.807) is 12.1 Å². The Kier molecular flexibility index (Phi) is 2.87. The number of anilines is 1.